The monoisotopic (exact) mass is 275 g/mol. The Morgan fingerprint density at radius 2 is 2.22 bits per heavy atom. The summed E-state index contributed by atoms with van der Waals surface area (Å²) in [6.45, 7) is 2.56. The Balaban J connectivity index is 2.11. The molecule has 0 aromatic carbocycles. The molecule has 2 rings (SSSR count). The molecular formula is C9H17N5O3S. The van der Waals surface area contributed by atoms with Crippen LogP contribution in [0.5, 0.6) is 0 Å². The molecule has 8 nitrogen and oxygen atoms in total. The van der Waals surface area contributed by atoms with Gasteiger partial charge in [0.1, 0.15) is 0 Å². The van der Waals surface area contributed by atoms with E-state index in [-0.39, 0.29) is 5.03 Å². The SMILES string of the molecule is CNCc1cn[nH]c1S(=O)(=O)NN1CCOCC1. The van der Waals surface area contributed by atoms with Crippen molar-refractivity contribution in [3.63, 3.8) is 0 Å². The van der Waals surface area contributed by atoms with Gasteiger partial charge >= 0.3 is 0 Å². The number of hydrazine groups is 1. The second-order valence-corrected chi connectivity index (χ2v) is 5.55. The summed E-state index contributed by atoms with van der Waals surface area (Å²) in [5.74, 6) is 0. The van der Waals surface area contributed by atoms with Gasteiger partial charge in [0.05, 0.1) is 19.4 Å². The van der Waals surface area contributed by atoms with Crippen molar-refractivity contribution in [3.8, 4) is 0 Å². The van der Waals surface area contributed by atoms with Crippen molar-refractivity contribution >= 4 is 10.0 Å². The number of nitrogens with one attached hydrogen (secondary N) is 3. The highest BCUT2D eigenvalue weighted by Gasteiger charge is 2.24. The van der Waals surface area contributed by atoms with Gasteiger partial charge in [-0.15, -0.1) is 4.83 Å². The molecule has 1 aliphatic heterocycles. The van der Waals surface area contributed by atoms with Crippen LogP contribution >= 0.6 is 0 Å². The van der Waals surface area contributed by atoms with Crippen LogP contribution in [0.2, 0.25) is 0 Å². The number of morpholine rings is 1. The molecule has 9 heteroatoms. The third-order valence-electron chi connectivity index (χ3n) is 2.57. The van der Waals surface area contributed by atoms with Gasteiger partial charge in [-0.25, -0.2) is 13.4 Å². The Hall–Kier alpha value is -1.00. The third kappa shape index (κ3) is 3.06. The molecule has 0 spiro atoms. The van der Waals surface area contributed by atoms with Crippen molar-refractivity contribution in [2.24, 2.45) is 0 Å². The molecule has 1 saturated heterocycles. The van der Waals surface area contributed by atoms with Crippen LogP contribution in [0.15, 0.2) is 11.2 Å². The van der Waals surface area contributed by atoms with E-state index in [4.69, 9.17) is 4.74 Å². The number of hydrogen-bond donors (Lipinski definition) is 3. The molecule has 0 unspecified atom stereocenters. The first-order valence-electron chi connectivity index (χ1n) is 5.65. The number of hydrogen-bond acceptors (Lipinski definition) is 6. The van der Waals surface area contributed by atoms with Gasteiger partial charge in [0, 0.05) is 25.2 Å². The van der Waals surface area contributed by atoms with Gasteiger partial charge in [-0.05, 0) is 7.05 Å². The number of aromatic amines is 1. The molecule has 1 fully saturated rings. The van der Waals surface area contributed by atoms with Crippen molar-refractivity contribution in [2.75, 3.05) is 33.4 Å². The molecule has 0 aliphatic carbocycles. The molecule has 0 saturated carbocycles. The molecule has 102 valence electrons. The van der Waals surface area contributed by atoms with Crippen LogP contribution in [-0.2, 0) is 21.3 Å². The first-order chi connectivity index (χ1) is 8.63. The Morgan fingerprint density at radius 3 is 2.89 bits per heavy atom. The zero-order valence-corrected chi connectivity index (χ0v) is 11.0. The van der Waals surface area contributed by atoms with E-state index in [1.807, 2.05) is 0 Å². The highest BCUT2D eigenvalue weighted by atomic mass is 32.2. The van der Waals surface area contributed by atoms with E-state index in [1.165, 1.54) is 6.20 Å². The Labute approximate surface area is 106 Å². The highest BCUT2D eigenvalue weighted by molar-refractivity contribution is 7.89. The number of ether oxygens (including phenoxy) is 1. The summed E-state index contributed by atoms with van der Waals surface area (Å²) in [6.07, 6.45) is 1.50. The summed E-state index contributed by atoms with van der Waals surface area (Å²) in [6, 6.07) is 0. The average molecular weight is 275 g/mol. The molecular weight excluding hydrogens is 258 g/mol. The van der Waals surface area contributed by atoms with Gasteiger partial charge in [-0.2, -0.15) is 5.10 Å². The van der Waals surface area contributed by atoms with Crippen LogP contribution in [0.4, 0.5) is 0 Å². The Kier molecular flexibility index (Phi) is 4.30. The van der Waals surface area contributed by atoms with E-state index in [2.05, 4.69) is 20.3 Å². The summed E-state index contributed by atoms with van der Waals surface area (Å²) in [7, 11) is -1.86. The van der Waals surface area contributed by atoms with Crippen molar-refractivity contribution in [3.05, 3.63) is 11.8 Å². The van der Waals surface area contributed by atoms with E-state index in [0.29, 0.717) is 38.4 Å². The standard InChI is InChI=1S/C9H17N5O3S/c1-10-6-8-7-11-12-9(8)18(15,16)13-14-2-4-17-5-3-14/h7,10,13H,2-6H2,1H3,(H,11,12). The molecule has 1 aromatic heterocycles. The van der Waals surface area contributed by atoms with E-state index in [0.717, 1.165) is 0 Å². The van der Waals surface area contributed by atoms with Gasteiger partial charge < -0.3 is 10.1 Å². The second kappa shape index (κ2) is 5.76. The first-order valence-corrected chi connectivity index (χ1v) is 7.14. The smallest absolute Gasteiger partial charge is 0.270 e. The molecule has 0 bridgehead atoms. The van der Waals surface area contributed by atoms with Crippen LogP contribution < -0.4 is 10.1 Å². The summed E-state index contributed by atoms with van der Waals surface area (Å²) in [5.41, 5.74) is 0.609. The maximum Gasteiger partial charge on any atom is 0.270 e. The molecule has 0 radical (unpaired) electrons. The number of rotatable bonds is 5. The quantitative estimate of drug-likeness (QED) is 0.615. The van der Waals surface area contributed by atoms with Gasteiger partial charge in [0.2, 0.25) is 0 Å². The topological polar surface area (TPSA) is 99.3 Å². The summed E-state index contributed by atoms with van der Waals surface area (Å²) in [5, 5.41) is 10.9. The van der Waals surface area contributed by atoms with Crippen molar-refractivity contribution in [2.45, 2.75) is 11.6 Å². The highest BCUT2D eigenvalue weighted by Crippen LogP contribution is 2.12. The van der Waals surface area contributed by atoms with Crippen LogP contribution in [0, 0.1) is 0 Å². The summed E-state index contributed by atoms with van der Waals surface area (Å²) >= 11 is 0. The predicted molar refractivity (Wildman–Crippen MR) is 64.1 cm³/mol. The average Bonchev–Trinajstić information content (AvgIpc) is 2.79. The van der Waals surface area contributed by atoms with Crippen molar-refractivity contribution < 1.29 is 13.2 Å². The zero-order valence-electron chi connectivity index (χ0n) is 10.1. The lowest BCUT2D eigenvalue weighted by molar-refractivity contribution is 0.0272. The van der Waals surface area contributed by atoms with Crippen LogP contribution in [0.3, 0.4) is 0 Å². The molecule has 1 aliphatic rings. The van der Waals surface area contributed by atoms with Crippen LogP contribution in [-0.4, -0.2) is 57.0 Å². The number of H-pyrrole nitrogens is 1. The van der Waals surface area contributed by atoms with Crippen molar-refractivity contribution in [1.29, 1.82) is 0 Å². The van der Waals surface area contributed by atoms with E-state index in [1.54, 1.807) is 12.1 Å². The Morgan fingerprint density at radius 1 is 1.50 bits per heavy atom. The number of sulfonamides is 1. The minimum Gasteiger partial charge on any atom is -0.379 e. The van der Waals surface area contributed by atoms with Gasteiger partial charge in [-0.3, -0.25) is 5.10 Å². The third-order valence-corrected chi connectivity index (χ3v) is 3.96. The number of aromatic nitrogens is 2. The minimum absolute atomic E-state index is 0.100. The Bertz CT molecular complexity index is 480. The predicted octanol–water partition coefficient (Wildman–Crippen LogP) is -1.35. The van der Waals surface area contributed by atoms with Gasteiger partial charge in [0.25, 0.3) is 10.0 Å². The van der Waals surface area contributed by atoms with Gasteiger partial charge in [-0.1, -0.05) is 0 Å². The van der Waals surface area contributed by atoms with E-state index < -0.39 is 10.0 Å². The normalized spacial score (nSPS) is 18.1. The van der Waals surface area contributed by atoms with Crippen molar-refractivity contribution in [1.82, 2.24) is 25.4 Å². The first kappa shape index (κ1) is 13.4. The largest absolute Gasteiger partial charge is 0.379 e. The summed E-state index contributed by atoms with van der Waals surface area (Å²) in [4.78, 5) is 2.52. The van der Waals surface area contributed by atoms with E-state index >= 15 is 0 Å². The fourth-order valence-corrected chi connectivity index (χ4v) is 2.98. The van der Waals surface area contributed by atoms with Gasteiger partial charge in [0.15, 0.2) is 5.03 Å². The lowest BCUT2D eigenvalue weighted by atomic mass is 10.4. The molecule has 1 aromatic rings. The van der Waals surface area contributed by atoms with E-state index in [9.17, 15) is 8.42 Å². The van der Waals surface area contributed by atoms with Crippen LogP contribution in [0.1, 0.15) is 5.56 Å². The lowest BCUT2D eigenvalue weighted by Crippen LogP contribution is -2.48. The molecule has 18 heavy (non-hydrogen) atoms. The molecule has 0 atom stereocenters. The minimum atomic E-state index is -3.61. The molecule has 3 N–H and O–H groups in total. The lowest BCUT2D eigenvalue weighted by Gasteiger charge is -2.26. The number of nitrogens with zero attached hydrogens (tertiary/aromatic N) is 2. The summed E-state index contributed by atoms with van der Waals surface area (Å²) < 4.78 is 29.5. The fourth-order valence-electron chi connectivity index (χ4n) is 1.72. The molecule has 2 heterocycles. The maximum absolute atomic E-state index is 12.2. The second-order valence-electron chi connectivity index (χ2n) is 3.95. The zero-order chi connectivity index (χ0) is 13.0. The maximum atomic E-state index is 12.2. The van der Waals surface area contributed by atoms with Crippen LogP contribution in [0.25, 0.3) is 0 Å². The molecule has 0 amide bonds. The fraction of sp³-hybridized carbons (Fsp3) is 0.667.